The Balaban J connectivity index is 2.28. The Hall–Kier alpha value is -1.57. The zero-order chi connectivity index (χ0) is 17.8. The molecule has 0 aliphatic rings. The number of aryl methyl sites for hydroxylation is 1. The van der Waals surface area contributed by atoms with Crippen LogP contribution in [-0.4, -0.2) is 4.57 Å². The molecule has 1 aromatic carbocycles. The lowest BCUT2D eigenvalue weighted by molar-refractivity contribution is -0.764. The molecule has 1 atom stereocenters. The Morgan fingerprint density at radius 1 is 0.917 bits per heavy atom. The van der Waals surface area contributed by atoms with E-state index in [1.54, 1.807) is 0 Å². The molecule has 24 heavy (non-hydrogen) atoms. The molecule has 1 unspecified atom stereocenters. The summed E-state index contributed by atoms with van der Waals surface area (Å²) in [6.07, 6.45) is 12.6. The molecule has 0 N–H and O–H groups in total. The largest absolute Gasteiger partial charge is 0.249 e. The highest BCUT2D eigenvalue weighted by atomic mass is 15.2. The zero-order valence-electron chi connectivity index (χ0n) is 16.5. The van der Waals surface area contributed by atoms with Crippen molar-refractivity contribution in [3.63, 3.8) is 0 Å². The first kappa shape index (κ1) is 18.8. The summed E-state index contributed by atoms with van der Waals surface area (Å²) in [4.78, 5) is 0. The highest BCUT2D eigenvalue weighted by molar-refractivity contribution is 5.34. The molecule has 2 rings (SSSR count). The molecule has 0 saturated carbocycles. The van der Waals surface area contributed by atoms with Crippen LogP contribution in [0.3, 0.4) is 0 Å². The van der Waals surface area contributed by atoms with Gasteiger partial charge in [0.15, 0.2) is 0 Å². The molecule has 0 bridgehead atoms. The van der Waals surface area contributed by atoms with Gasteiger partial charge in [-0.3, -0.25) is 0 Å². The minimum atomic E-state index is 0.162. The first-order valence-electron chi connectivity index (χ1n) is 9.58. The number of hydrogen-bond donors (Lipinski definition) is 0. The fourth-order valence-electron chi connectivity index (χ4n) is 3.55. The fourth-order valence-corrected chi connectivity index (χ4v) is 3.55. The number of aromatic nitrogens is 2. The highest BCUT2D eigenvalue weighted by Crippen LogP contribution is 2.37. The van der Waals surface area contributed by atoms with Gasteiger partial charge in [-0.15, -0.1) is 0 Å². The van der Waals surface area contributed by atoms with Crippen molar-refractivity contribution in [2.24, 2.45) is 5.41 Å². The number of hydrogen-bond acceptors (Lipinski definition) is 0. The molecule has 0 saturated heterocycles. The average molecular weight is 328 g/mol. The topological polar surface area (TPSA) is 8.81 Å². The summed E-state index contributed by atoms with van der Waals surface area (Å²) >= 11 is 0. The van der Waals surface area contributed by atoms with Gasteiger partial charge in [0.1, 0.15) is 23.6 Å². The molecule has 2 nitrogen and oxygen atoms in total. The van der Waals surface area contributed by atoms with E-state index in [-0.39, 0.29) is 5.54 Å². The number of imidazole rings is 1. The molecule has 0 amide bonds. The zero-order valence-corrected chi connectivity index (χ0v) is 16.5. The molecule has 1 aromatic heterocycles. The Labute approximate surface area is 148 Å². The van der Waals surface area contributed by atoms with E-state index in [1.807, 2.05) is 0 Å². The van der Waals surface area contributed by atoms with Crippen LogP contribution in [0.4, 0.5) is 0 Å². The molecular formula is C22H35N2+. The van der Waals surface area contributed by atoms with Crippen molar-refractivity contribution in [2.45, 2.75) is 79.2 Å². The van der Waals surface area contributed by atoms with E-state index in [2.05, 4.69) is 93.7 Å². The Morgan fingerprint density at radius 2 is 1.54 bits per heavy atom. The van der Waals surface area contributed by atoms with Gasteiger partial charge in [-0.25, -0.2) is 9.13 Å². The van der Waals surface area contributed by atoms with Crippen molar-refractivity contribution in [3.8, 4) is 5.69 Å². The van der Waals surface area contributed by atoms with E-state index in [0.717, 1.165) is 12.8 Å². The maximum absolute atomic E-state index is 2.43. The Kier molecular flexibility index (Phi) is 5.90. The van der Waals surface area contributed by atoms with Crippen LogP contribution >= 0.6 is 0 Å². The van der Waals surface area contributed by atoms with Crippen LogP contribution in [0.1, 0.15) is 72.8 Å². The van der Waals surface area contributed by atoms with Crippen LogP contribution < -0.4 is 4.57 Å². The molecule has 0 radical (unpaired) electrons. The van der Waals surface area contributed by atoms with Gasteiger partial charge in [0.05, 0.1) is 0 Å². The number of nitrogens with zero attached hydrogens (tertiary/aromatic N) is 2. The number of benzene rings is 1. The van der Waals surface area contributed by atoms with Crippen LogP contribution in [-0.2, 0) is 12.0 Å². The Bertz CT molecular complexity index is 634. The molecule has 132 valence electrons. The predicted octanol–water partition coefficient (Wildman–Crippen LogP) is 5.67. The maximum Gasteiger partial charge on any atom is 0.249 e. The molecule has 0 aliphatic heterocycles. The van der Waals surface area contributed by atoms with Gasteiger partial charge in [0.2, 0.25) is 6.33 Å². The van der Waals surface area contributed by atoms with Gasteiger partial charge in [-0.05, 0) is 49.3 Å². The maximum atomic E-state index is 2.43. The summed E-state index contributed by atoms with van der Waals surface area (Å²) in [5.74, 6) is 0. The molecule has 0 fully saturated rings. The van der Waals surface area contributed by atoms with E-state index in [1.165, 1.54) is 30.5 Å². The van der Waals surface area contributed by atoms with Crippen LogP contribution in [0.2, 0.25) is 0 Å². The van der Waals surface area contributed by atoms with E-state index < -0.39 is 0 Å². The van der Waals surface area contributed by atoms with Crippen LogP contribution in [0, 0.1) is 5.41 Å². The summed E-state index contributed by atoms with van der Waals surface area (Å²) in [7, 11) is 0. The second-order valence-electron chi connectivity index (χ2n) is 7.79. The third kappa shape index (κ3) is 3.91. The summed E-state index contributed by atoms with van der Waals surface area (Å²) in [6, 6.07) is 8.89. The molecular weight excluding hydrogens is 292 g/mol. The lowest BCUT2D eigenvalue weighted by Gasteiger charge is -2.36. The third-order valence-corrected chi connectivity index (χ3v) is 6.18. The monoisotopic (exact) mass is 327 g/mol. The molecule has 2 heteroatoms. The van der Waals surface area contributed by atoms with Gasteiger partial charge in [0.25, 0.3) is 0 Å². The molecule has 0 spiro atoms. The second-order valence-corrected chi connectivity index (χ2v) is 7.79. The lowest BCUT2D eigenvalue weighted by atomic mass is 9.73. The highest BCUT2D eigenvalue weighted by Gasteiger charge is 2.37. The summed E-state index contributed by atoms with van der Waals surface area (Å²) in [5.41, 5.74) is 3.19. The van der Waals surface area contributed by atoms with Crippen LogP contribution in [0.5, 0.6) is 0 Å². The average Bonchev–Trinajstić information content (AvgIpc) is 3.12. The van der Waals surface area contributed by atoms with Crippen molar-refractivity contribution in [3.05, 3.63) is 48.5 Å². The van der Waals surface area contributed by atoms with Crippen LogP contribution in [0.25, 0.3) is 5.69 Å². The van der Waals surface area contributed by atoms with E-state index in [4.69, 9.17) is 0 Å². The Morgan fingerprint density at radius 3 is 2.04 bits per heavy atom. The summed E-state index contributed by atoms with van der Waals surface area (Å²) in [6.45, 7) is 14.0. The van der Waals surface area contributed by atoms with Crippen molar-refractivity contribution < 1.29 is 4.57 Å². The molecule has 0 aliphatic carbocycles. The van der Waals surface area contributed by atoms with Crippen molar-refractivity contribution in [1.82, 2.24) is 4.57 Å². The van der Waals surface area contributed by atoms with Gasteiger partial charge in [-0.2, -0.15) is 0 Å². The fraction of sp³-hybridized carbons (Fsp3) is 0.591. The first-order chi connectivity index (χ1) is 11.4. The van der Waals surface area contributed by atoms with E-state index >= 15 is 0 Å². The minimum Gasteiger partial charge on any atom is -0.231 e. The van der Waals surface area contributed by atoms with Crippen LogP contribution in [0.15, 0.2) is 43.0 Å². The third-order valence-electron chi connectivity index (χ3n) is 6.18. The standard InChI is InChI=1S/C22H35N2/c1-7-19-11-13-20(14-12-19)23-15-16-24(18-23)22(6,10-4)17-21(5,8-2)9-3/h11-16,18H,7-10,17H2,1-6H3/q+1. The smallest absolute Gasteiger partial charge is 0.231 e. The minimum absolute atomic E-state index is 0.162. The second kappa shape index (κ2) is 7.55. The van der Waals surface area contributed by atoms with Crippen molar-refractivity contribution >= 4 is 0 Å². The van der Waals surface area contributed by atoms with Gasteiger partial charge in [-0.1, -0.05) is 59.6 Å². The molecule has 1 heterocycles. The number of rotatable bonds is 8. The predicted molar refractivity (Wildman–Crippen MR) is 103 cm³/mol. The lowest BCUT2D eigenvalue weighted by Crippen LogP contribution is -2.54. The van der Waals surface area contributed by atoms with Crippen molar-refractivity contribution in [2.75, 3.05) is 0 Å². The summed E-state index contributed by atoms with van der Waals surface area (Å²) in [5, 5.41) is 0. The first-order valence-corrected chi connectivity index (χ1v) is 9.58. The van der Waals surface area contributed by atoms with Gasteiger partial charge in [0, 0.05) is 0 Å². The van der Waals surface area contributed by atoms with E-state index in [9.17, 15) is 0 Å². The van der Waals surface area contributed by atoms with Gasteiger partial charge < -0.3 is 0 Å². The van der Waals surface area contributed by atoms with Crippen molar-refractivity contribution in [1.29, 1.82) is 0 Å². The van der Waals surface area contributed by atoms with Gasteiger partial charge >= 0.3 is 0 Å². The summed E-state index contributed by atoms with van der Waals surface area (Å²) < 4.78 is 4.66. The molecule has 2 aromatic rings. The quantitative estimate of drug-likeness (QED) is 0.552. The normalized spacial score (nSPS) is 14.6. The van der Waals surface area contributed by atoms with E-state index in [0.29, 0.717) is 5.41 Å². The SMILES string of the molecule is CCc1ccc(-n2cc[n+](C(C)(CC)CC(C)(CC)CC)c2)cc1.